The molecule has 5 heteroatoms. The molecular formula is C16H25ClN2O2. The number of rotatable bonds is 7. The van der Waals surface area contributed by atoms with Gasteiger partial charge in [0.05, 0.1) is 19.2 Å². The number of ether oxygens (including phenoxy) is 2. The zero-order valence-electron chi connectivity index (χ0n) is 13.3. The van der Waals surface area contributed by atoms with E-state index in [1.807, 2.05) is 12.1 Å². The van der Waals surface area contributed by atoms with Gasteiger partial charge < -0.3 is 19.7 Å². The normalized spacial score (nSPS) is 16.7. The van der Waals surface area contributed by atoms with E-state index in [9.17, 15) is 0 Å². The maximum absolute atomic E-state index is 6.40. The third-order valence-corrected chi connectivity index (χ3v) is 4.98. The number of methoxy groups -OCH3 is 2. The molecule has 4 nitrogen and oxygen atoms in total. The van der Waals surface area contributed by atoms with Crippen LogP contribution in [0, 0.1) is 0 Å². The Morgan fingerprint density at radius 2 is 1.95 bits per heavy atom. The molecule has 0 unspecified atom stereocenters. The van der Waals surface area contributed by atoms with Crippen molar-refractivity contribution in [2.45, 2.75) is 31.3 Å². The van der Waals surface area contributed by atoms with Crippen molar-refractivity contribution < 1.29 is 9.47 Å². The van der Waals surface area contributed by atoms with E-state index in [2.05, 4.69) is 24.3 Å². The van der Waals surface area contributed by atoms with Gasteiger partial charge in [0.2, 0.25) is 0 Å². The average molecular weight is 313 g/mol. The number of likely N-dealkylation sites (N-methyl/N-ethyl adjacent to an activating group) is 1. The van der Waals surface area contributed by atoms with Gasteiger partial charge in [-0.2, -0.15) is 0 Å². The molecule has 0 aliphatic heterocycles. The Bertz CT molecular complexity index is 487. The molecule has 1 fully saturated rings. The summed E-state index contributed by atoms with van der Waals surface area (Å²) in [6.07, 6.45) is 3.83. The lowest BCUT2D eigenvalue weighted by molar-refractivity contribution is 0.0598. The van der Waals surface area contributed by atoms with Crippen molar-refractivity contribution in [1.29, 1.82) is 0 Å². The third kappa shape index (κ3) is 3.28. The monoisotopic (exact) mass is 312 g/mol. The standard InChI is InChI=1S/C16H25ClN2O2/c1-19(2)16(8-5-9-16)11-18-10-12-6-7-13(20-3)15(21-4)14(12)17/h6-7,18H,5,8-11H2,1-4H3. The van der Waals surface area contributed by atoms with Gasteiger partial charge in [-0.1, -0.05) is 17.7 Å². The summed E-state index contributed by atoms with van der Waals surface area (Å²) in [5.41, 5.74) is 1.34. The molecule has 0 aromatic heterocycles. The van der Waals surface area contributed by atoms with Crippen molar-refractivity contribution >= 4 is 11.6 Å². The minimum atomic E-state index is 0.309. The van der Waals surface area contributed by atoms with Gasteiger partial charge in [-0.3, -0.25) is 0 Å². The van der Waals surface area contributed by atoms with Gasteiger partial charge in [0.1, 0.15) is 0 Å². The summed E-state index contributed by atoms with van der Waals surface area (Å²) < 4.78 is 10.6. The minimum Gasteiger partial charge on any atom is -0.493 e. The SMILES string of the molecule is COc1ccc(CNCC2(N(C)C)CCC2)c(Cl)c1OC. The Kier molecular flexibility index (Phi) is 5.36. The first kappa shape index (κ1) is 16.4. The first-order valence-electron chi connectivity index (χ1n) is 7.31. The summed E-state index contributed by atoms with van der Waals surface area (Å²) >= 11 is 6.40. The Hall–Kier alpha value is -0.970. The zero-order chi connectivity index (χ0) is 15.5. The second-order valence-electron chi connectivity index (χ2n) is 5.85. The fourth-order valence-corrected chi connectivity index (χ4v) is 3.16. The number of nitrogens with zero attached hydrogens (tertiary/aromatic N) is 1. The maximum Gasteiger partial charge on any atom is 0.179 e. The van der Waals surface area contributed by atoms with Gasteiger partial charge in [-0.25, -0.2) is 0 Å². The summed E-state index contributed by atoms with van der Waals surface area (Å²) in [4.78, 5) is 2.33. The van der Waals surface area contributed by atoms with Gasteiger partial charge >= 0.3 is 0 Å². The van der Waals surface area contributed by atoms with Gasteiger partial charge in [-0.15, -0.1) is 0 Å². The number of nitrogens with one attached hydrogen (secondary N) is 1. The fraction of sp³-hybridized carbons (Fsp3) is 0.625. The molecule has 0 bridgehead atoms. The van der Waals surface area contributed by atoms with Crippen LogP contribution in [0.5, 0.6) is 11.5 Å². The van der Waals surface area contributed by atoms with E-state index in [4.69, 9.17) is 21.1 Å². The van der Waals surface area contributed by atoms with Crippen LogP contribution in [-0.4, -0.2) is 45.3 Å². The summed E-state index contributed by atoms with van der Waals surface area (Å²) in [5.74, 6) is 1.26. The summed E-state index contributed by atoms with van der Waals surface area (Å²) in [5, 5.41) is 4.16. The van der Waals surface area contributed by atoms with Crippen LogP contribution >= 0.6 is 11.6 Å². The van der Waals surface area contributed by atoms with Crippen molar-refractivity contribution in [3.8, 4) is 11.5 Å². The number of benzene rings is 1. The molecule has 1 aromatic carbocycles. The molecule has 0 spiro atoms. The molecule has 0 heterocycles. The average Bonchev–Trinajstić information content (AvgIpc) is 2.42. The molecule has 0 amide bonds. The second-order valence-corrected chi connectivity index (χ2v) is 6.23. The lowest BCUT2D eigenvalue weighted by Crippen LogP contribution is -2.56. The topological polar surface area (TPSA) is 33.7 Å². The molecule has 0 atom stereocenters. The Balaban J connectivity index is 2.00. The van der Waals surface area contributed by atoms with Crippen molar-refractivity contribution in [2.75, 3.05) is 34.9 Å². The molecule has 1 saturated carbocycles. The molecule has 1 aromatic rings. The van der Waals surface area contributed by atoms with Crippen LogP contribution in [0.25, 0.3) is 0 Å². The summed E-state index contributed by atoms with van der Waals surface area (Å²) in [7, 11) is 7.54. The summed E-state index contributed by atoms with van der Waals surface area (Å²) in [6.45, 7) is 1.71. The second kappa shape index (κ2) is 6.86. The van der Waals surface area contributed by atoms with E-state index in [0.29, 0.717) is 22.1 Å². The smallest absolute Gasteiger partial charge is 0.179 e. The molecule has 0 saturated heterocycles. The van der Waals surface area contributed by atoms with Crippen molar-refractivity contribution in [2.24, 2.45) is 0 Å². The highest BCUT2D eigenvalue weighted by molar-refractivity contribution is 6.33. The van der Waals surface area contributed by atoms with Crippen LogP contribution in [0.3, 0.4) is 0 Å². The van der Waals surface area contributed by atoms with Gasteiger partial charge in [-0.05, 0) is 45.0 Å². The Morgan fingerprint density at radius 3 is 2.43 bits per heavy atom. The predicted molar refractivity (Wildman–Crippen MR) is 86.5 cm³/mol. The van der Waals surface area contributed by atoms with Crippen LogP contribution in [0.4, 0.5) is 0 Å². The molecule has 1 aliphatic rings. The predicted octanol–water partition coefficient (Wildman–Crippen LogP) is 2.93. The summed E-state index contributed by atoms with van der Waals surface area (Å²) in [6, 6.07) is 3.88. The number of hydrogen-bond donors (Lipinski definition) is 1. The first-order chi connectivity index (χ1) is 10.0. The van der Waals surface area contributed by atoms with Gasteiger partial charge in [0.25, 0.3) is 0 Å². The van der Waals surface area contributed by atoms with E-state index < -0.39 is 0 Å². The molecule has 1 aliphatic carbocycles. The molecule has 0 radical (unpaired) electrons. The van der Waals surface area contributed by atoms with Gasteiger partial charge in [0, 0.05) is 18.6 Å². The van der Waals surface area contributed by atoms with Gasteiger partial charge in [0.15, 0.2) is 11.5 Å². The van der Waals surface area contributed by atoms with Crippen LogP contribution in [-0.2, 0) is 6.54 Å². The molecule has 21 heavy (non-hydrogen) atoms. The molecule has 1 N–H and O–H groups in total. The van der Waals surface area contributed by atoms with Crippen LogP contribution < -0.4 is 14.8 Å². The number of hydrogen-bond acceptors (Lipinski definition) is 4. The van der Waals surface area contributed by atoms with E-state index in [1.165, 1.54) is 19.3 Å². The van der Waals surface area contributed by atoms with E-state index in [1.54, 1.807) is 14.2 Å². The van der Waals surface area contributed by atoms with E-state index in [-0.39, 0.29) is 0 Å². The first-order valence-corrected chi connectivity index (χ1v) is 7.69. The lowest BCUT2D eigenvalue weighted by Gasteiger charge is -2.47. The minimum absolute atomic E-state index is 0.309. The zero-order valence-corrected chi connectivity index (χ0v) is 14.1. The van der Waals surface area contributed by atoms with Crippen molar-refractivity contribution in [3.63, 3.8) is 0 Å². The lowest BCUT2D eigenvalue weighted by atomic mass is 9.75. The van der Waals surface area contributed by atoms with Crippen LogP contribution in [0.2, 0.25) is 5.02 Å². The quantitative estimate of drug-likeness (QED) is 0.839. The maximum atomic E-state index is 6.40. The third-order valence-electron chi connectivity index (χ3n) is 4.57. The highest BCUT2D eigenvalue weighted by Gasteiger charge is 2.38. The highest BCUT2D eigenvalue weighted by atomic mass is 35.5. The largest absolute Gasteiger partial charge is 0.493 e. The van der Waals surface area contributed by atoms with Crippen LogP contribution in [0.15, 0.2) is 12.1 Å². The van der Waals surface area contributed by atoms with Crippen molar-refractivity contribution in [1.82, 2.24) is 10.2 Å². The van der Waals surface area contributed by atoms with Crippen molar-refractivity contribution in [3.05, 3.63) is 22.7 Å². The molecular weight excluding hydrogens is 288 g/mol. The van der Waals surface area contributed by atoms with Crippen LogP contribution in [0.1, 0.15) is 24.8 Å². The van der Waals surface area contributed by atoms with E-state index in [0.717, 1.165) is 18.7 Å². The Morgan fingerprint density at radius 1 is 1.24 bits per heavy atom. The molecule has 2 rings (SSSR count). The van der Waals surface area contributed by atoms with E-state index >= 15 is 0 Å². The fourth-order valence-electron chi connectivity index (χ4n) is 2.86. The highest BCUT2D eigenvalue weighted by Crippen LogP contribution is 2.38. The number of halogens is 1. The molecule has 118 valence electrons. The Labute approximate surface area is 132 Å².